The minimum Gasteiger partial charge on any atom is -0.465 e. The van der Waals surface area contributed by atoms with Gasteiger partial charge in [-0.2, -0.15) is 0 Å². The summed E-state index contributed by atoms with van der Waals surface area (Å²) in [6.45, 7) is 1.16. The fourth-order valence-corrected chi connectivity index (χ4v) is 3.85. The average molecular weight is 472 g/mol. The zero-order chi connectivity index (χ0) is 24.1. The quantitative estimate of drug-likeness (QED) is 0.480. The lowest BCUT2D eigenvalue weighted by Gasteiger charge is -2.21. The third-order valence-corrected chi connectivity index (χ3v) is 5.72. The Labute approximate surface area is 193 Å². The number of fused-ring (bicyclic) bond motifs is 1. The summed E-state index contributed by atoms with van der Waals surface area (Å²) in [6.07, 6.45) is 0. The normalized spacial score (nSPS) is 14.4. The SMILES string of the molecule is COC(=O)c1cc(NC(=O)COC(=O)c2ccc3c(c2)NC(=O)C(C)S3)cc(C(=O)OC)c1. The highest BCUT2D eigenvalue weighted by Gasteiger charge is 2.24. The van der Waals surface area contributed by atoms with Gasteiger partial charge in [0.15, 0.2) is 6.61 Å². The molecule has 0 bridgehead atoms. The molecule has 2 amide bonds. The van der Waals surface area contributed by atoms with Gasteiger partial charge in [0.1, 0.15) is 0 Å². The number of esters is 3. The second-order valence-electron chi connectivity index (χ2n) is 6.87. The van der Waals surface area contributed by atoms with Gasteiger partial charge in [-0.3, -0.25) is 9.59 Å². The molecule has 0 radical (unpaired) electrons. The van der Waals surface area contributed by atoms with E-state index in [0.717, 1.165) is 4.90 Å². The van der Waals surface area contributed by atoms with Crippen molar-refractivity contribution < 1.29 is 38.2 Å². The molecule has 33 heavy (non-hydrogen) atoms. The van der Waals surface area contributed by atoms with Gasteiger partial charge >= 0.3 is 17.9 Å². The molecule has 0 spiro atoms. The van der Waals surface area contributed by atoms with Gasteiger partial charge in [0, 0.05) is 10.6 Å². The summed E-state index contributed by atoms with van der Waals surface area (Å²) in [4.78, 5) is 61.0. The van der Waals surface area contributed by atoms with Crippen LogP contribution in [0.3, 0.4) is 0 Å². The van der Waals surface area contributed by atoms with Crippen molar-refractivity contribution in [2.24, 2.45) is 0 Å². The molecule has 0 aliphatic carbocycles. The van der Waals surface area contributed by atoms with Gasteiger partial charge in [-0.05, 0) is 43.3 Å². The first-order valence-electron chi connectivity index (χ1n) is 9.62. The molecular formula is C22H20N2O8S. The van der Waals surface area contributed by atoms with E-state index in [1.54, 1.807) is 19.1 Å². The van der Waals surface area contributed by atoms with E-state index in [2.05, 4.69) is 20.1 Å². The third kappa shape index (κ3) is 5.69. The largest absolute Gasteiger partial charge is 0.465 e. The van der Waals surface area contributed by atoms with Crippen LogP contribution in [0, 0.1) is 0 Å². The minimum atomic E-state index is -0.760. The highest BCUT2D eigenvalue weighted by Crippen LogP contribution is 2.36. The van der Waals surface area contributed by atoms with Gasteiger partial charge in [-0.1, -0.05) is 0 Å². The number of methoxy groups -OCH3 is 2. The lowest BCUT2D eigenvalue weighted by molar-refractivity contribution is -0.119. The van der Waals surface area contributed by atoms with Crippen molar-refractivity contribution in [3.8, 4) is 0 Å². The molecule has 2 N–H and O–H groups in total. The molecule has 172 valence electrons. The number of hydrogen-bond acceptors (Lipinski definition) is 9. The molecule has 0 saturated carbocycles. The Morgan fingerprint density at radius 2 is 1.58 bits per heavy atom. The number of benzene rings is 2. The van der Waals surface area contributed by atoms with Crippen molar-refractivity contribution >= 4 is 52.9 Å². The van der Waals surface area contributed by atoms with Crippen LogP contribution in [0.5, 0.6) is 0 Å². The fraction of sp³-hybridized carbons (Fsp3) is 0.227. The van der Waals surface area contributed by atoms with E-state index in [0.29, 0.717) is 5.69 Å². The van der Waals surface area contributed by atoms with Crippen LogP contribution in [-0.4, -0.2) is 55.8 Å². The number of amides is 2. The number of nitrogens with one attached hydrogen (secondary N) is 2. The second-order valence-corrected chi connectivity index (χ2v) is 8.25. The number of carbonyl (C=O) groups excluding carboxylic acids is 5. The number of rotatable bonds is 6. The molecule has 2 aromatic carbocycles. The summed E-state index contributed by atoms with van der Waals surface area (Å²) in [5, 5.41) is 4.93. The second kappa shape index (κ2) is 10.2. The molecule has 11 heteroatoms. The fourth-order valence-electron chi connectivity index (χ4n) is 2.92. The monoisotopic (exact) mass is 472 g/mol. The summed E-state index contributed by atoms with van der Waals surface area (Å²) in [6, 6.07) is 8.60. The van der Waals surface area contributed by atoms with Gasteiger partial charge < -0.3 is 24.8 Å². The molecular weight excluding hydrogens is 452 g/mol. The number of ether oxygens (including phenoxy) is 3. The van der Waals surface area contributed by atoms with Gasteiger partial charge in [0.05, 0.1) is 41.8 Å². The van der Waals surface area contributed by atoms with Crippen LogP contribution in [0.2, 0.25) is 0 Å². The van der Waals surface area contributed by atoms with Crippen LogP contribution < -0.4 is 10.6 Å². The zero-order valence-corrected chi connectivity index (χ0v) is 18.7. The topological polar surface area (TPSA) is 137 Å². The first-order chi connectivity index (χ1) is 15.7. The first kappa shape index (κ1) is 23.8. The maximum atomic E-state index is 12.4. The first-order valence-corrected chi connectivity index (χ1v) is 10.5. The molecule has 10 nitrogen and oxygen atoms in total. The predicted octanol–water partition coefficient (Wildman–Crippen LogP) is 2.49. The van der Waals surface area contributed by atoms with E-state index in [4.69, 9.17) is 4.74 Å². The predicted molar refractivity (Wildman–Crippen MR) is 118 cm³/mol. The standard InChI is InChI=1S/C22H20N2O8S/c1-11-19(26)24-16-9-12(4-5-17(16)33-11)22(29)32-10-18(25)23-15-7-13(20(27)30-2)6-14(8-15)21(28)31-3/h4-9,11H,10H2,1-3H3,(H,23,25)(H,24,26). The summed E-state index contributed by atoms with van der Waals surface area (Å²) in [5.41, 5.74) is 0.823. The van der Waals surface area contributed by atoms with Crippen LogP contribution in [0.1, 0.15) is 38.0 Å². The van der Waals surface area contributed by atoms with Gasteiger partial charge in [0.2, 0.25) is 5.91 Å². The molecule has 1 aliphatic rings. The van der Waals surface area contributed by atoms with Crippen LogP contribution in [-0.2, 0) is 23.8 Å². The number of hydrogen-bond donors (Lipinski definition) is 2. The minimum absolute atomic E-state index is 0.0241. The van der Waals surface area contributed by atoms with Crippen LogP contribution in [0.4, 0.5) is 11.4 Å². The maximum Gasteiger partial charge on any atom is 0.338 e. The number of anilines is 2. The highest BCUT2D eigenvalue weighted by atomic mass is 32.2. The van der Waals surface area contributed by atoms with Crippen LogP contribution >= 0.6 is 11.8 Å². The van der Waals surface area contributed by atoms with Gasteiger partial charge in [-0.25, -0.2) is 14.4 Å². The van der Waals surface area contributed by atoms with Gasteiger partial charge in [0.25, 0.3) is 5.91 Å². The van der Waals surface area contributed by atoms with Crippen molar-refractivity contribution in [3.05, 3.63) is 53.1 Å². The molecule has 1 heterocycles. The van der Waals surface area contributed by atoms with E-state index in [-0.39, 0.29) is 33.5 Å². The van der Waals surface area contributed by atoms with E-state index < -0.39 is 30.4 Å². The van der Waals surface area contributed by atoms with Crippen molar-refractivity contribution in [3.63, 3.8) is 0 Å². The third-order valence-electron chi connectivity index (χ3n) is 4.54. The Hall–Kier alpha value is -3.86. The molecule has 1 aliphatic heterocycles. The lowest BCUT2D eigenvalue weighted by Crippen LogP contribution is -2.26. The molecule has 0 fully saturated rings. The molecule has 1 atom stereocenters. The maximum absolute atomic E-state index is 12.4. The van der Waals surface area contributed by atoms with Crippen molar-refractivity contribution in [1.29, 1.82) is 0 Å². The molecule has 0 aromatic heterocycles. The molecule has 2 aromatic rings. The summed E-state index contributed by atoms with van der Waals surface area (Å²) < 4.78 is 14.3. The van der Waals surface area contributed by atoms with Crippen molar-refractivity contribution in [2.45, 2.75) is 17.1 Å². The summed E-state index contributed by atoms with van der Waals surface area (Å²) in [5.74, 6) is -3.05. The number of carbonyl (C=O) groups is 5. The Balaban J connectivity index is 1.66. The summed E-state index contributed by atoms with van der Waals surface area (Å²) in [7, 11) is 2.35. The van der Waals surface area contributed by atoms with Crippen LogP contribution in [0.15, 0.2) is 41.3 Å². The molecule has 0 saturated heterocycles. The Bertz CT molecular complexity index is 1110. The van der Waals surface area contributed by atoms with Crippen molar-refractivity contribution in [2.75, 3.05) is 31.5 Å². The van der Waals surface area contributed by atoms with Gasteiger partial charge in [-0.15, -0.1) is 11.8 Å². The highest BCUT2D eigenvalue weighted by molar-refractivity contribution is 8.00. The Morgan fingerprint density at radius 3 is 2.18 bits per heavy atom. The zero-order valence-electron chi connectivity index (χ0n) is 17.9. The lowest BCUT2D eigenvalue weighted by atomic mass is 10.1. The van der Waals surface area contributed by atoms with Crippen LogP contribution in [0.25, 0.3) is 0 Å². The Morgan fingerprint density at radius 1 is 0.939 bits per heavy atom. The average Bonchev–Trinajstić information content (AvgIpc) is 2.81. The molecule has 3 rings (SSSR count). The van der Waals surface area contributed by atoms with E-state index in [1.807, 2.05) is 0 Å². The Kier molecular flexibility index (Phi) is 7.34. The summed E-state index contributed by atoms with van der Waals surface area (Å²) >= 11 is 1.38. The number of thioether (sulfide) groups is 1. The molecule has 1 unspecified atom stereocenters. The van der Waals surface area contributed by atoms with E-state index in [9.17, 15) is 24.0 Å². The van der Waals surface area contributed by atoms with E-state index >= 15 is 0 Å². The van der Waals surface area contributed by atoms with Crippen molar-refractivity contribution in [1.82, 2.24) is 0 Å². The smallest absolute Gasteiger partial charge is 0.338 e. The van der Waals surface area contributed by atoms with E-state index in [1.165, 1.54) is 50.2 Å².